The molecule has 0 aromatic carbocycles. The smallest absolute Gasteiger partial charge is 0.213 e. The van der Waals surface area contributed by atoms with Gasteiger partial charge >= 0.3 is 0 Å². The van der Waals surface area contributed by atoms with E-state index in [1.165, 1.54) is 0 Å². The minimum atomic E-state index is 0.638. The first-order valence-corrected chi connectivity index (χ1v) is 7.34. The van der Waals surface area contributed by atoms with Crippen molar-refractivity contribution < 1.29 is 4.74 Å². The van der Waals surface area contributed by atoms with Crippen LogP contribution in [0.1, 0.15) is 23.9 Å². The molecule has 20 heavy (non-hydrogen) atoms. The molecule has 0 spiro atoms. The Morgan fingerprint density at radius 2 is 2.20 bits per heavy atom. The number of pyridine rings is 1. The highest BCUT2D eigenvalue weighted by atomic mass is 79.9. The Morgan fingerprint density at radius 3 is 2.85 bits per heavy atom. The minimum absolute atomic E-state index is 0.638. The standard InChI is InChI=1S/C14H19BrN4O/c1-4-11-14(15)12(19(2)18-11)9-16-8-10-5-6-17-13(7-10)20-3/h5-7,16H,4,8-9H2,1-3H3. The summed E-state index contributed by atoms with van der Waals surface area (Å²) in [6.45, 7) is 3.63. The fraction of sp³-hybridized carbons (Fsp3) is 0.429. The Morgan fingerprint density at radius 1 is 1.40 bits per heavy atom. The summed E-state index contributed by atoms with van der Waals surface area (Å²) in [6.07, 6.45) is 2.68. The molecule has 0 radical (unpaired) electrons. The molecule has 2 heterocycles. The van der Waals surface area contributed by atoms with Gasteiger partial charge in [-0.15, -0.1) is 0 Å². The van der Waals surface area contributed by atoms with Crippen molar-refractivity contribution in [2.75, 3.05) is 7.11 Å². The van der Waals surface area contributed by atoms with Crippen molar-refractivity contribution in [3.05, 3.63) is 39.8 Å². The van der Waals surface area contributed by atoms with Gasteiger partial charge in [-0.1, -0.05) is 6.92 Å². The molecule has 0 saturated heterocycles. The Kier molecular flexibility index (Phi) is 5.14. The van der Waals surface area contributed by atoms with Crippen LogP contribution >= 0.6 is 15.9 Å². The molecule has 0 atom stereocenters. The molecule has 2 aromatic rings. The van der Waals surface area contributed by atoms with Crippen LogP contribution in [0.3, 0.4) is 0 Å². The normalized spacial score (nSPS) is 10.8. The second kappa shape index (κ2) is 6.85. The SMILES string of the molecule is CCc1nn(C)c(CNCc2ccnc(OC)c2)c1Br. The topological polar surface area (TPSA) is 52.0 Å². The summed E-state index contributed by atoms with van der Waals surface area (Å²) in [5.74, 6) is 0.638. The molecule has 0 aliphatic heterocycles. The molecule has 6 heteroatoms. The number of ether oxygens (including phenoxy) is 1. The van der Waals surface area contributed by atoms with Crippen molar-refractivity contribution in [1.29, 1.82) is 0 Å². The van der Waals surface area contributed by atoms with Crippen LogP contribution in [0.15, 0.2) is 22.8 Å². The third-order valence-corrected chi connectivity index (χ3v) is 4.05. The van der Waals surface area contributed by atoms with Gasteiger partial charge in [-0.3, -0.25) is 4.68 Å². The summed E-state index contributed by atoms with van der Waals surface area (Å²) in [5, 5.41) is 7.90. The van der Waals surface area contributed by atoms with Crippen molar-refractivity contribution in [2.24, 2.45) is 7.05 Å². The average molecular weight is 339 g/mol. The second-order valence-corrected chi connectivity index (χ2v) is 5.29. The molecule has 1 N–H and O–H groups in total. The first-order chi connectivity index (χ1) is 9.65. The zero-order chi connectivity index (χ0) is 14.5. The number of halogens is 1. The molecule has 0 aliphatic carbocycles. The molecule has 5 nitrogen and oxygen atoms in total. The maximum Gasteiger partial charge on any atom is 0.213 e. The van der Waals surface area contributed by atoms with Gasteiger partial charge in [0.25, 0.3) is 0 Å². The largest absolute Gasteiger partial charge is 0.481 e. The fourth-order valence-corrected chi connectivity index (χ4v) is 2.77. The van der Waals surface area contributed by atoms with Crippen LogP contribution in [0, 0.1) is 0 Å². The molecule has 0 aliphatic rings. The van der Waals surface area contributed by atoms with Gasteiger partial charge in [0, 0.05) is 32.4 Å². The van der Waals surface area contributed by atoms with Gasteiger partial charge in [-0.25, -0.2) is 4.98 Å². The lowest BCUT2D eigenvalue weighted by Gasteiger charge is -2.07. The summed E-state index contributed by atoms with van der Waals surface area (Å²) in [5.41, 5.74) is 3.39. The number of nitrogens with one attached hydrogen (secondary N) is 1. The summed E-state index contributed by atoms with van der Waals surface area (Å²) < 4.78 is 8.13. The molecule has 0 fully saturated rings. The van der Waals surface area contributed by atoms with E-state index >= 15 is 0 Å². The monoisotopic (exact) mass is 338 g/mol. The molecule has 0 saturated carbocycles. The lowest BCUT2D eigenvalue weighted by atomic mass is 10.2. The molecule has 0 bridgehead atoms. The summed E-state index contributed by atoms with van der Waals surface area (Å²) in [6, 6.07) is 3.91. The fourth-order valence-electron chi connectivity index (χ4n) is 2.01. The highest BCUT2D eigenvalue weighted by Gasteiger charge is 2.11. The van der Waals surface area contributed by atoms with Gasteiger partial charge in [0.1, 0.15) is 0 Å². The van der Waals surface area contributed by atoms with E-state index in [-0.39, 0.29) is 0 Å². The van der Waals surface area contributed by atoms with E-state index in [1.54, 1.807) is 13.3 Å². The third kappa shape index (κ3) is 3.37. The van der Waals surface area contributed by atoms with Crippen LogP contribution in [0.25, 0.3) is 0 Å². The number of hydrogen-bond donors (Lipinski definition) is 1. The van der Waals surface area contributed by atoms with Crippen molar-refractivity contribution in [2.45, 2.75) is 26.4 Å². The average Bonchev–Trinajstić information content (AvgIpc) is 2.74. The van der Waals surface area contributed by atoms with Crippen molar-refractivity contribution in [3.8, 4) is 5.88 Å². The number of hydrogen-bond acceptors (Lipinski definition) is 4. The highest BCUT2D eigenvalue weighted by molar-refractivity contribution is 9.10. The molecule has 0 amide bonds. The Balaban J connectivity index is 1.97. The van der Waals surface area contributed by atoms with Crippen LogP contribution in [-0.4, -0.2) is 21.9 Å². The summed E-state index contributed by atoms with van der Waals surface area (Å²) in [7, 11) is 3.59. The van der Waals surface area contributed by atoms with Gasteiger partial charge in [0.15, 0.2) is 0 Å². The lowest BCUT2D eigenvalue weighted by molar-refractivity contribution is 0.397. The maximum atomic E-state index is 5.12. The number of aryl methyl sites for hydroxylation is 2. The minimum Gasteiger partial charge on any atom is -0.481 e. The lowest BCUT2D eigenvalue weighted by Crippen LogP contribution is -2.15. The molecule has 2 aromatic heterocycles. The number of methoxy groups -OCH3 is 1. The first-order valence-electron chi connectivity index (χ1n) is 6.55. The molecule has 108 valence electrons. The van der Waals surface area contributed by atoms with E-state index in [0.717, 1.165) is 40.9 Å². The van der Waals surface area contributed by atoms with E-state index in [4.69, 9.17) is 4.74 Å². The predicted octanol–water partition coefficient (Wildman–Crippen LogP) is 2.44. The quantitative estimate of drug-likeness (QED) is 0.878. The summed E-state index contributed by atoms with van der Waals surface area (Å²) in [4.78, 5) is 4.10. The van der Waals surface area contributed by atoms with Crippen LogP contribution in [0.5, 0.6) is 5.88 Å². The van der Waals surface area contributed by atoms with Gasteiger partial charge in [0.05, 0.1) is 23.0 Å². The Bertz CT molecular complexity index is 583. The van der Waals surface area contributed by atoms with E-state index < -0.39 is 0 Å². The number of aromatic nitrogens is 3. The molecular weight excluding hydrogens is 320 g/mol. The van der Waals surface area contributed by atoms with Gasteiger partial charge in [-0.05, 0) is 34.0 Å². The predicted molar refractivity (Wildman–Crippen MR) is 81.6 cm³/mol. The van der Waals surface area contributed by atoms with Crippen LogP contribution < -0.4 is 10.1 Å². The Labute approximate surface area is 127 Å². The zero-order valence-electron chi connectivity index (χ0n) is 12.0. The second-order valence-electron chi connectivity index (χ2n) is 4.49. The summed E-state index contributed by atoms with van der Waals surface area (Å²) >= 11 is 3.62. The van der Waals surface area contributed by atoms with Crippen molar-refractivity contribution in [3.63, 3.8) is 0 Å². The molecule has 0 unspecified atom stereocenters. The number of nitrogens with zero attached hydrogens (tertiary/aromatic N) is 3. The first kappa shape index (κ1) is 15.0. The van der Waals surface area contributed by atoms with Crippen LogP contribution in [0.4, 0.5) is 0 Å². The molecule has 2 rings (SSSR count). The van der Waals surface area contributed by atoms with E-state index in [2.05, 4.69) is 38.3 Å². The van der Waals surface area contributed by atoms with E-state index in [1.807, 2.05) is 23.9 Å². The Hall–Kier alpha value is -1.40. The zero-order valence-corrected chi connectivity index (χ0v) is 13.6. The highest BCUT2D eigenvalue weighted by Crippen LogP contribution is 2.21. The molecular formula is C14H19BrN4O. The number of rotatable bonds is 6. The van der Waals surface area contributed by atoms with Gasteiger partial charge in [-0.2, -0.15) is 5.10 Å². The van der Waals surface area contributed by atoms with Crippen LogP contribution in [0.2, 0.25) is 0 Å². The van der Waals surface area contributed by atoms with Crippen LogP contribution in [-0.2, 0) is 26.6 Å². The van der Waals surface area contributed by atoms with E-state index in [0.29, 0.717) is 5.88 Å². The maximum absolute atomic E-state index is 5.12. The van der Waals surface area contributed by atoms with Gasteiger partial charge in [0.2, 0.25) is 5.88 Å². The van der Waals surface area contributed by atoms with Gasteiger partial charge < -0.3 is 10.1 Å². The third-order valence-electron chi connectivity index (χ3n) is 3.13. The van der Waals surface area contributed by atoms with E-state index in [9.17, 15) is 0 Å². The van der Waals surface area contributed by atoms with Crippen molar-refractivity contribution in [1.82, 2.24) is 20.1 Å². The van der Waals surface area contributed by atoms with Crippen molar-refractivity contribution >= 4 is 15.9 Å².